The van der Waals surface area contributed by atoms with Crippen molar-refractivity contribution in [1.29, 1.82) is 0 Å². The third-order valence-corrected chi connectivity index (χ3v) is 5.23. The van der Waals surface area contributed by atoms with E-state index in [-0.39, 0.29) is 11.5 Å². The van der Waals surface area contributed by atoms with E-state index in [4.69, 9.17) is 5.10 Å². The molecule has 7 heteroatoms. The van der Waals surface area contributed by atoms with Crippen LogP contribution in [0, 0.1) is 0 Å². The molecular weight excluding hydrogens is 372 g/mol. The number of benzene rings is 1. The Balaban J connectivity index is 1.66. The van der Waals surface area contributed by atoms with Gasteiger partial charge in [-0.1, -0.05) is 24.3 Å². The Morgan fingerprint density at radius 2 is 1.96 bits per heavy atom. The van der Waals surface area contributed by atoms with Crippen molar-refractivity contribution in [3.8, 4) is 16.3 Å². The lowest BCUT2D eigenvalue weighted by Gasteiger charge is -2.16. The number of pyridine rings is 1. The first-order chi connectivity index (χ1) is 13.6. The third kappa shape index (κ3) is 3.65. The molecule has 3 aromatic heterocycles. The number of aromatic amines is 1. The van der Waals surface area contributed by atoms with Crippen molar-refractivity contribution >= 4 is 17.2 Å². The fraction of sp³-hybridized carbons (Fsp3) is 0.0952. The van der Waals surface area contributed by atoms with Crippen LogP contribution >= 0.6 is 11.3 Å². The first-order valence-corrected chi connectivity index (χ1v) is 9.62. The van der Waals surface area contributed by atoms with Gasteiger partial charge in [0.05, 0.1) is 16.1 Å². The number of H-pyrrole nitrogens is 1. The number of rotatable bonds is 5. The van der Waals surface area contributed by atoms with Gasteiger partial charge in [0.25, 0.3) is 5.91 Å². The Morgan fingerprint density at radius 1 is 1.14 bits per heavy atom. The van der Waals surface area contributed by atoms with Crippen molar-refractivity contribution in [3.63, 3.8) is 0 Å². The quantitative estimate of drug-likeness (QED) is 0.566. The first kappa shape index (κ1) is 17.9. The Morgan fingerprint density at radius 3 is 2.64 bits per heavy atom. The van der Waals surface area contributed by atoms with Crippen LogP contribution in [0.4, 0.5) is 0 Å². The van der Waals surface area contributed by atoms with E-state index in [1.807, 2.05) is 58.7 Å². The lowest BCUT2D eigenvalue weighted by atomic mass is 10.2. The number of hydrogen-bond acceptors (Lipinski definition) is 4. The van der Waals surface area contributed by atoms with E-state index in [1.165, 1.54) is 18.3 Å². The molecule has 28 heavy (non-hydrogen) atoms. The molecule has 6 nitrogen and oxygen atoms in total. The van der Waals surface area contributed by atoms with Crippen LogP contribution in [0.5, 0.6) is 0 Å². The largest absolute Gasteiger partial charge is 0.337 e. The van der Waals surface area contributed by atoms with Crippen LogP contribution in [0.1, 0.15) is 15.9 Å². The molecule has 0 atom stereocenters. The normalized spacial score (nSPS) is 10.8. The number of nitrogens with zero attached hydrogens (tertiary/aromatic N) is 3. The summed E-state index contributed by atoms with van der Waals surface area (Å²) in [4.78, 5) is 29.2. The summed E-state index contributed by atoms with van der Waals surface area (Å²) >= 11 is 1.61. The van der Waals surface area contributed by atoms with Gasteiger partial charge in [0, 0.05) is 37.6 Å². The molecule has 0 fully saturated rings. The average Bonchev–Trinajstić information content (AvgIpc) is 3.38. The molecule has 0 aliphatic rings. The van der Waals surface area contributed by atoms with Gasteiger partial charge in [-0.05, 0) is 29.6 Å². The monoisotopic (exact) mass is 390 g/mol. The summed E-state index contributed by atoms with van der Waals surface area (Å²) in [6.07, 6.45) is 3.40. The second kappa shape index (κ2) is 7.66. The highest BCUT2D eigenvalue weighted by Crippen LogP contribution is 2.28. The summed E-state index contributed by atoms with van der Waals surface area (Å²) in [7, 11) is 1.74. The summed E-state index contributed by atoms with van der Waals surface area (Å²) in [5.41, 5.74) is 2.98. The number of carbonyl (C=O) groups is 1. The van der Waals surface area contributed by atoms with Crippen molar-refractivity contribution in [3.05, 3.63) is 93.9 Å². The Bertz CT molecular complexity index is 1130. The fourth-order valence-corrected chi connectivity index (χ4v) is 3.69. The molecule has 0 aliphatic carbocycles. The smallest absolute Gasteiger partial charge is 0.255 e. The van der Waals surface area contributed by atoms with E-state index >= 15 is 0 Å². The molecule has 4 rings (SSSR count). The first-order valence-electron chi connectivity index (χ1n) is 8.74. The molecule has 0 radical (unpaired) electrons. The van der Waals surface area contributed by atoms with Gasteiger partial charge in [0.1, 0.15) is 5.69 Å². The van der Waals surface area contributed by atoms with Crippen LogP contribution in [0.15, 0.2) is 77.2 Å². The van der Waals surface area contributed by atoms with Gasteiger partial charge in [0.15, 0.2) is 0 Å². The molecule has 140 valence electrons. The number of para-hydroxylation sites is 1. The zero-order valence-electron chi connectivity index (χ0n) is 15.2. The van der Waals surface area contributed by atoms with Crippen LogP contribution in [-0.4, -0.2) is 32.6 Å². The zero-order valence-corrected chi connectivity index (χ0v) is 16.0. The van der Waals surface area contributed by atoms with Gasteiger partial charge >= 0.3 is 0 Å². The van der Waals surface area contributed by atoms with E-state index in [0.29, 0.717) is 12.1 Å². The van der Waals surface area contributed by atoms with Gasteiger partial charge in [-0.15, -0.1) is 11.3 Å². The van der Waals surface area contributed by atoms with Crippen LogP contribution in [-0.2, 0) is 6.54 Å². The van der Waals surface area contributed by atoms with Gasteiger partial charge in [-0.25, -0.2) is 4.68 Å². The number of hydrogen-bond donors (Lipinski definition) is 1. The molecule has 0 spiro atoms. The van der Waals surface area contributed by atoms with Crippen LogP contribution < -0.4 is 5.56 Å². The van der Waals surface area contributed by atoms with E-state index in [9.17, 15) is 9.59 Å². The second-order valence-corrected chi connectivity index (χ2v) is 7.31. The fourth-order valence-electron chi connectivity index (χ4n) is 2.95. The Hall–Kier alpha value is -3.45. The number of amides is 1. The minimum atomic E-state index is -0.233. The average molecular weight is 390 g/mol. The molecule has 1 amide bonds. The summed E-state index contributed by atoms with van der Waals surface area (Å²) in [5, 5.41) is 6.77. The highest BCUT2D eigenvalue weighted by atomic mass is 32.1. The number of nitrogens with one attached hydrogen (secondary N) is 1. The van der Waals surface area contributed by atoms with Gasteiger partial charge in [-0.2, -0.15) is 5.10 Å². The summed E-state index contributed by atoms with van der Waals surface area (Å²) in [6, 6.07) is 16.8. The highest BCUT2D eigenvalue weighted by molar-refractivity contribution is 7.13. The second-order valence-electron chi connectivity index (χ2n) is 6.36. The highest BCUT2D eigenvalue weighted by Gasteiger charge is 2.18. The molecule has 0 bridgehead atoms. The molecule has 0 unspecified atom stereocenters. The predicted octanol–water partition coefficient (Wildman–Crippen LogP) is 3.56. The SMILES string of the molecule is CN(Cc1cn(-c2ccccc2)nc1-c1cccs1)C(=O)c1ccc(=O)[nH]c1. The summed E-state index contributed by atoms with van der Waals surface area (Å²) in [5.74, 6) is -0.166. The Kier molecular flexibility index (Phi) is 4.90. The van der Waals surface area contributed by atoms with Crippen LogP contribution in [0.25, 0.3) is 16.3 Å². The van der Waals surface area contributed by atoms with E-state index in [0.717, 1.165) is 21.8 Å². The van der Waals surface area contributed by atoms with Crippen molar-refractivity contribution in [2.75, 3.05) is 7.05 Å². The molecule has 3 heterocycles. The third-order valence-electron chi connectivity index (χ3n) is 4.35. The number of carbonyl (C=O) groups excluding carboxylic acids is 1. The maximum Gasteiger partial charge on any atom is 0.255 e. The maximum absolute atomic E-state index is 12.7. The van der Waals surface area contributed by atoms with E-state index in [1.54, 1.807) is 23.3 Å². The van der Waals surface area contributed by atoms with Crippen molar-refractivity contribution in [1.82, 2.24) is 19.7 Å². The molecule has 0 saturated carbocycles. The number of aromatic nitrogens is 3. The predicted molar refractivity (Wildman–Crippen MR) is 110 cm³/mol. The summed E-state index contributed by atoms with van der Waals surface area (Å²) in [6.45, 7) is 0.401. The summed E-state index contributed by atoms with van der Waals surface area (Å²) < 4.78 is 1.84. The molecule has 1 N–H and O–H groups in total. The van der Waals surface area contributed by atoms with Crippen LogP contribution in [0.3, 0.4) is 0 Å². The minimum absolute atomic E-state index is 0.166. The van der Waals surface area contributed by atoms with Crippen molar-refractivity contribution in [2.45, 2.75) is 6.54 Å². The minimum Gasteiger partial charge on any atom is -0.337 e. The molecule has 0 aliphatic heterocycles. The van der Waals surface area contributed by atoms with Gasteiger partial charge in [-0.3, -0.25) is 9.59 Å². The lowest BCUT2D eigenvalue weighted by Crippen LogP contribution is -2.26. The Labute approximate surface area is 165 Å². The van der Waals surface area contributed by atoms with Gasteiger partial charge < -0.3 is 9.88 Å². The van der Waals surface area contributed by atoms with Crippen LogP contribution in [0.2, 0.25) is 0 Å². The molecule has 4 aromatic rings. The van der Waals surface area contributed by atoms with E-state index in [2.05, 4.69) is 4.98 Å². The zero-order chi connectivity index (χ0) is 19.5. The topological polar surface area (TPSA) is 71.0 Å². The number of thiophene rings is 1. The van der Waals surface area contributed by atoms with E-state index < -0.39 is 0 Å². The molecule has 0 saturated heterocycles. The molecule has 1 aromatic carbocycles. The maximum atomic E-state index is 12.7. The van der Waals surface area contributed by atoms with Gasteiger partial charge in [0.2, 0.25) is 5.56 Å². The van der Waals surface area contributed by atoms with Crippen molar-refractivity contribution < 1.29 is 4.79 Å². The lowest BCUT2D eigenvalue weighted by molar-refractivity contribution is 0.0785. The molecular formula is C21H18N4O2S. The standard InChI is InChI=1S/C21H18N4O2S/c1-24(21(27)15-9-10-19(26)22-12-15)13-16-14-25(17-6-3-2-4-7-17)23-20(16)18-8-5-11-28-18/h2-12,14H,13H2,1H3,(H,22,26). The van der Waals surface area contributed by atoms with Crippen molar-refractivity contribution in [2.24, 2.45) is 0 Å².